The maximum atomic E-state index is 5.32. The van der Waals surface area contributed by atoms with Crippen molar-refractivity contribution in [3.05, 3.63) is 0 Å². The molecule has 0 aliphatic rings. The molecule has 0 amide bonds. The molecule has 0 aromatic rings. The third kappa shape index (κ3) is 3.34. The lowest BCUT2D eigenvalue weighted by atomic mass is 10.4. The fourth-order valence-corrected chi connectivity index (χ4v) is 0.703. The summed E-state index contributed by atoms with van der Waals surface area (Å²) >= 11 is 12.3. The van der Waals surface area contributed by atoms with Crippen molar-refractivity contribution in [3.63, 3.8) is 0 Å². The van der Waals surface area contributed by atoms with Crippen molar-refractivity contribution >= 4 is 41.7 Å². The van der Waals surface area contributed by atoms with Crippen LogP contribution in [0.2, 0.25) is 0 Å². The van der Waals surface area contributed by atoms with Crippen LogP contribution >= 0.6 is 37.5 Å². The Morgan fingerprint density at radius 3 is 2.29 bits per heavy atom. The molecule has 4 heteroatoms. The minimum Gasteiger partial charge on any atom is -0.322 e. The molecule has 1 nitrogen and oxygen atoms in total. The number of thiol groups is 2. The Hall–Kier alpha value is 0.750. The van der Waals surface area contributed by atoms with Crippen molar-refractivity contribution < 1.29 is 0 Å². The van der Waals surface area contributed by atoms with Crippen molar-refractivity contribution in [1.82, 2.24) is 0 Å². The van der Waals surface area contributed by atoms with Gasteiger partial charge in [-0.1, -0.05) is 12.2 Å². The average molecular weight is 153 g/mol. The number of rotatable bonds is 2. The van der Waals surface area contributed by atoms with E-state index in [1.54, 1.807) is 0 Å². The molecular weight excluding hydrogens is 146 g/mol. The summed E-state index contributed by atoms with van der Waals surface area (Å²) in [5, 5.41) is 0. The summed E-state index contributed by atoms with van der Waals surface area (Å²) in [5.74, 6) is 0.572. The highest BCUT2D eigenvalue weighted by molar-refractivity contribution is 8.11. The molecule has 0 unspecified atom stereocenters. The Morgan fingerprint density at radius 1 is 1.86 bits per heavy atom. The molecule has 1 atom stereocenters. The molecule has 0 aromatic carbocycles. The SMILES string of the molecule is N[C@@H](CS)C(=S)S. The van der Waals surface area contributed by atoms with Crippen LogP contribution < -0.4 is 5.73 Å². The van der Waals surface area contributed by atoms with Gasteiger partial charge in [-0.2, -0.15) is 12.6 Å². The molecule has 0 bridgehead atoms. The Balaban J connectivity index is 3.34. The van der Waals surface area contributed by atoms with Gasteiger partial charge in [-0.05, 0) is 0 Å². The van der Waals surface area contributed by atoms with Crippen LogP contribution in [0.25, 0.3) is 0 Å². The molecule has 0 heterocycles. The zero-order chi connectivity index (χ0) is 5.86. The molecule has 0 saturated carbocycles. The molecule has 0 aliphatic carbocycles. The monoisotopic (exact) mass is 153 g/mol. The first-order chi connectivity index (χ1) is 3.18. The first kappa shape index (κ1) is 7.75. The van der Waals surface area contributed by atoms with E-state index in [0.717, 1.165) is 0 Å². The third-order valence-electron chi connectivity index (χ3n) is 0.514. The standard InChI is InChI=1S/C3H7NS3/c4-2(1-5)3(6)7/h2,5H,1,4H2,(H,6,7)/t2-/m0/s1. The van der Waals surface area contributed by atoms with Gasteiger partial charge in [0.05, 0.1) is 10.2 Å². The quantitative estimate of drug-likeness (QED) is 0.398. The van der Waals surface area contributed by atoms with E-state index in [1.807, 2.05) is 0 Å². The summed E-state index contributed by atoms with van der Waals surface area (Å²) in [6.07, 6.45) is 0. The molecule has 0 aromatic heterocycles. The summed E-state index contributed by atoms with van der Waals surface area (Å²) in [5.41, 5.74) is 5.32. The van der Waals surface area contributed by atoms with Crippen LogP contribution in [-0.4, -0.2) is 16.0 Å². The van der Waals surface area contributed by atoms with Crippen LogP contribution in [0.4, 0.5) is 0 Å². The van der Waals surface area contributed by atoms with Crippen molar-refractivity contribution in [2.24, 2.45) is 5.73 Å². The molecule has 0 aliphatic heterocycles. The van der Waals surface area contributed by atoms with Crippen LogP contribution in [-0.2, 0) is 0 Å². The van der Waals surface area contributed by atoms with Crippen LogP contribution in [0, 0.1) is 0 Å². The third-order valence-corrected chi connectivity index (χ3v) is 1.54. The lowest BCUT2D eigenvalue weighted by molar-refractivity contribution is 1.02. The fourth-order valence-electron chi connectivity index (χ4n) is 0.0781. The van der Waals surface area contributed by atoms with Gasteiger partial charge in [0.15, 0.2) is 0 Å². The number of hydrogen-bond acceptors (Lipinski definition) is 3. The maximum absolute atomic E-state index is 5.32. The minimum absolute atomic E-state index is 0.137. The van der Waals surface area contributed by atoms with E-state index < -0.39 is 0 Å². The smallest absolute Gasteiger partial charge is 0.0624 e. The highest BCUT2D eigenvalue weighted by atomic mass is 32.1. The van der Waals surface area contributed by atoms with Gasteiger partial charge >= 0.3 is 0 Å². The Kier molecular flexibility index (Phi) is 4.11. The molecule has 0 radical (unpaired) electrons. The van der Waals surface area contributed by atoms with Crippen molar-refractivity contribution in [2.75, 3.05) is 5.75 Å². The van der Waals surface area contributed by atoms with E-state index >= 15 is 0 Å². The van der Waals surface area contributed by atoms with Gasteiger partial charge in [0.25, 0.3) is 0 Å². The predicted molar refractivity (Wildman–Crippen MR) is 43.4 cm³/mol. The molecular formula is C3H7NS3. The van der Waals surface area contributed by atoms with Crippen LogP contribution in [0.15, 0.2) is 0 Å². The molecule has 0 spiro atoms. The second-order valence-electron chi connectivity index (χ2n) is 1.13. The average Bonchev–Trinajstić information content (AvgIpc) is 1.65. The predicted octanol–water partition coefficient (Wildman–Crippen LogP) is 0.501. The lowest BCUT2D eigenvalue weighted by Crippen LogP contribution is -2.27. The largest absolute Gasteiger partial charge is 0.322 e. The second kappa shape index (κ2) is 3.72. The number of hydrogen-bond donors (Lipinski definition) is 3. The van der Waals surface area contributed by atoms with Crippen LogP contribution in [0.5, 0.6) is 0 Å². The Morgan fingerprint density at radius 2 is 2.29 bits per heavy atom. The number of thiocarbonyl (C=S) groups is 1. The fraction of sp³-hybridized carbons (Fsp3) is 0.667. The maximum Gasteiger partial charge on any atom is 0.0624 e. The van der Waals surface area contributed by atoms with E-state index in [-0.39, 0.29) is 6.04 Å². The zero-order valence-electron chi connectivity index (χ0n) is 3.66. The normalized spacial score (nSPS) is 13.6. The molecule has 7 heavy (non-hydrogen) atoms. The lowest BCUT2D eigenvalue weighted by Gasteiger charge is -2.00. The van der Waals surface area contributed by atoms with Gasteiger partial charge in [-0.25, -0.2) is 0 Å². The van der Waals surface area contributed by atoms with Crippen molar-refractivity contribution in [3.8, 4) is 0 Å². The van der Waals surface area contributed by atoms with Crippen molar-refractivity contribution in [2.45, 2.75) is 6.04 Å². The van der Waals surface area contributed by atoms with Crippen molar-refractivity contribution in [1.29, 1.82) is 0 Å². The molecule has 0 saturated heterocycles. The number of nitrogens with two attached hydrogens (primary N) is 1. The van der Waals surface area contributed by atoms with Gasteiger partial charge in [0.2, 0.25) is 0 Å². The summed E-state index contributed by atoms with van der Waals surface area (Å²) in [7, 11) is 0. The van der Waals surface area contributed by atoms with Gasteiger partial charge in [0.1, 0.15) is 0 Å². The summed E-state index contributed by atoms with van der Waals surface area (Å²) in [6, 6.07) is -0.137. The Labute approximate surface area is 59.5 Å². The zero-order valence-corrected chi connectivity index (χ0v) is 6.27. The first-order valence-electron chi connectivity index (χ1n) is 1.77. The van der Waals surface area contributed by atoms with E-state index in [0.29, 0.717) is 9.95 Å². The summed E-state index contributed by atoms with van der Waals surface area (Å²) < 4.78 is 0.523. The van der Waals surface area contributed by atoms with E-state index in [9.17, 15) is 0 Å². The molecule has 2 N–H and O–H groups in total. The molecule has 42 valence electrons. The topological polar surface area (TPSA) is 26.0 Å². The Bertz CT molecular complexity index is 72.6. The minimum atomic E-state index is -0.137. The molecule has 0 rings (SSSR count). The van der Waals surface area contributed by atoms with E-state index in [2.05, 4.69) is 37.5 Å². The van der Waals surface area contributed by atoms with Crippen LogP contribution in [0.1, 0.15) is 0 Å². The van der Waals surface area contributed by atoms with E-state index in [1.165, 1.54) is 0 Å². The van der Waals surface area contributed by atoms with Crippen LogP contribution in [0.3, 0.4) is 0 Å². The molecule has 0 fully saturated rings. The van der Waals surface area contributed by atoms with E-state index in [4.69, 9.17) is 5.73 Å². The summed E-state index contributed by atoms with van der Waals surface area (Å²) in [6.45, 7) is 0. The second-order valence-corrected chi connectivity index (χ2v) is 2.72. The van der Waals surface area contributed by atoms with Gasteiger partial charge < -0.3 is 5.73 Å². The van der Waals surface area contributed by atoms with Gasteiger partial charge in [0, 0.05) is 5.75 Å². The highest BCUT2D eigenvalue weighted by Crippen LogP contribution is 1.91. The van der Waals surface area contributed by atoms with Gasteiger partial charge in [-0.3, -0.25) is 0 Å². The van der Waals surface area contributed by atoms with Gasteiger partial charge in [-0.15, -0.1) is 12.6 Å². The highest BCUT2D eigenvalue weighted by Gasteiger charge is 1.98. The summed E-state index contributed by atoms with van der Waals surface area (Å²) in [4.78, 5) is 0. The first-order valence-corrected chi connectivity index (χ1v) is 3.26.